The monoisotopic (exact) mass is 343 g/mol. The van der Waals surface area contributed by atoms with Gasteiger partial charge in [0.2, 0.25) is 0 Å². The Morgan fingerprint density at radius 2 is 2.12 bits per heavy atom. The van der Waals surface area contributed by atoms with Crippen molar-refractivity contribution >= 4 is 5.91 Å². The Bertz CT molecular complexity index is 716. The van der Waals surface area contributed by atoms with E-state index in [4.69, 9.17) is 4.74 Å². The summed E-state index contributed by atoms with van der Waals surface area (Å²) in [5.41, 5.74) is 2.58. The molecule has 3 N–H and O–H groups in total. The summed E-state index contributed by atoms with van der Waals surface area (Å²) in [5.74, 6) is 0.986. The Morgan fingerprint density at radius 1 is 1.24 bits per heavy atom. The van der Waals surface area contributed by atoms with E-state index in [1.807, 2.05) is 17.0 Å². The molecule has 2 saturated heterocycles. The van der Waals surface area contributed by atoms with Gasteiger partial charge in [-0.1, -0.05) is 6.07 Å². The first-order valence-electron chi connectivity index (χ1n) is 9.40. The van der Waals surface area contributed by atoms with Crippen LogP contribution in [0.2, 0.25) is 0 Å². The number of fused-ring (bicyclic) bond motifs is 4. The van der Waals surface area contributed by atoms with Crippen molar-refractivity contribution in [1.82, 2.24) is 15.5 Å². The summed E-state index contributed by atoms with van der Waals surface area (Å²) in [6.07, 6.45) is 2.59. The molecular weight excluding hydrogens is 318 g/mol. The van der Waals surface area contributed by atoms with Crippen LogP contribution >= 0.6 is 0 Å². The normalized spacial score (nSPS) is 34.1. The molecule has 4 aliphatic rings. The number of benzene rings is 1. The van der Waals surface area contributed by atoms with Crippen LogP contribution in [-0.4, -0.2) is 60.8 Å². The number of aliphatic hydroxyl groups is 1. The van der Waals surface area contributed by atoms with Gasteiger partial charge < -0.3 is 25.4 Å². The van der Waals surface area contributed by atoms with Crippen LogP contribution in [0.4, 0.5) is 0 Å². The van der Waals surface area contributed by atoms with Crippen molar-refractivity contribution in [3.05, 3.63) is 28.8 Å². The molecule has 0 radical (unpaired) electrons. The minimum absolute atomic E-state index is 0.127. The summed E-state index contributed by atoms with van der Waals surface area (Å²) in [6.45, 7) is 4.54. The molecule has 0 saturated carbocycles. The summed E-state index contributed by atoms with van der Waals surface area (Å²) in [4.78, 5) is 14.9. The Balaban J connectivity index is 1.51. The molecule has 4 heterocycles. The highest BCUT2D eigenvalue weighted by Crippen LogP contribution is 2.48. The second-order valence-electron chi connectivity index (χ2n) is 7.82. The lowest BCUT2D eigenvalue weighted by Crippen LogP contribution is -2.52. The van der Waals surface area contributed by atoms with E-state index in [2.05, 4.69) is 10.6 Å². The summed E-state index contributed by atoms with van der Waals surface area (Å²) in [7, 11) is 0. The third-order valence-corrected chi connectivity index (χ3v) is 6.53. The molecule has 1 aromatic rings. The third kappa shape index (κ3) is 2.17. The number of rotatable bonds is 1. The quantitative estimate of drug-likeness (QED) is 0.687. The minimum Gasteiger partial charge on any atom is -0.492 e. The first-order valence-corrected chi connectivity index (χ1v) is 9.40. The van der Waals surface area contributed by atoms with Crippen LogP contribution in [0.5, 0.6) is 5.75 Å². The van der Waals surface area contributed by atoms with Crippen molar-refractivity contribution in [3.63, 3.8) is 0 Å². The van der Waals surface area contributed by atoms with Gasteiger partial charge in [0, 0.05) is 35.8 Å². The average molecular weight is 343 g/mol. The van der Waals surface area contributed by atoms with Crippen molar-refractivity contribution in [1.29, 1.82) is 0 Å². The lowest BCUT2D eigenvalue weighted by molar-refractivity contribution is 0.0402. The Hall–Kier alpha value is -1.63. The van der Waals surface area contributed by atoms with Gasteiger partial charge in [0.1, 0.15) is 12.4 Å². The smallest absolute Gasteiger partial charge is 0.254 e. The Kier molecular flexibility index (Phi) is 3.55. The number of β-amino-alcohol motifs (C(OH)–C–C–N with tert-alkyl or cyclic N) is 1. The van der Waals surface area contributed by atoms with Crippen LogP contribution in [0.1, 0.15) is 40.7 Å². The molecular formula is C19H25N3O3. The molecule has 2 fully saturated rings. The van der Waals surface area contributed by atoms with E-state index in [0.29, 0.717) is 19.7 Å². The van der Waals surface area contributed by atoms with Gasteiger partial charge in [-0.15, -0.1) is 0 Å². The largest absolute Gasteiger partial charge is 0.492 e. The number of amides is 1. The van der Waals surface area contributed by atoms with Gasteiger partial charge in [0.15, 0.2) is 0 Å². The first kappa shape index (κ1) is 15.6. The maximum absolute atomic E-state index is 12.9. The highest BCUT2D eigenvalue weighted by Gasteiger charge is 2.50. The lowest BCUT2D eigenvalue weighted by Gasteiger charge is -2.37. The van der Waals surface area contributed by atoms with Crippen LogP contribution < -0.4 is 15.4 Å². The molecule has 6 nitrogen and oxygen atoms in total. The molecule has 25 heavy (non-hydrogen) atoms. The molecule has 1 aromatic carbocycles. The zero-order valence-corrected chi connectivity index (χ0v) is 14.4. The number of carbonyl (C=O) groups excluding carboxylic acids is 1. The maximum atomic E-state index is 12.9. The predicted molar refractivity (Wildman–Crippen MR) is 92.9 cm³/mol. The Morgan fingerprint density at radius 3 is 2.92 bits per heavy atom. The lowest BCUT2D eigenvalue weighted by atomic mass is 9.72. The van der Waals surface area contributed by atoms with E-state index in [9.17, 15) is 9.90 Å². The topological polar surface area (TPSA) is 73.8 Å². The molecule has 0 aromatic heterocycles. The maximum Gasteiger partial charge on any atom is 0.254 e. The van der Waals surface area contributed by atoms with Crippen molar-refractivity contribution in [2.45, 2.75) is 43.4 Å². The molecule has 6 heteroatoms. The number of piperidine rings is 2. The van der Waals surface area contributed by atoms with Gasteiger partial charge in [0.25, 0.3) is 5.91 Å². The van der Waals surface area contributed by atoms with Crippen molar-refractivity contribution < 1.29 is 14.6 Å². The number of nitrogens with one attached hydrogen (secondary N) is 2. The highest BCUT2D eigenvalue weighted by atomic mass is 16.5. The number of nitrogens with zero attached hydrogens (tertiary/aromatic N) is 1. The van der Waals surface area contributed by atoms with Crippen LogP contribution in [0.25, 0.3) is 0 Å². The number of hydrogen-bond acceptors (Lipinski definition) is 5. The van der Waals surface area contributed by atoms with Crippen molar-refractivity contribution in [2.24, 2.45) is 0 Å². The molecule has 3 unspecified atom stereocenters. The number of aliphatic hydroxyl groups excluding tert-OH is 1. The highest BCUT2D eigenvalue weighted by molar-refractivity contribution is 5.99. The molecule has 1 amide bonds. The summed E-state index contributed by atoms with van der Waals surface area (Å²) in [6, 6.07) is 4.25. The number of carbonyl (C=O) groups is 1. The fourth-order valence-corrected chi connectivity index (χ4v) is 5.01. The standard InChI is InChI=1S/C19H25N3O3/c23-16-9-21-7-5-19(16)11-25-17-14-10-22(12-2-1-6-20-8-12)18(24)13(14)3-4-15(17)19/h3-4,12,16,20-21,23H,1-2,5-11H2. The molecule has 134 valence electrons. The molecule has 0 aliphatic carbocycles. The molecule has 4 aliphatic heterocycles. The number of hydrogen-bond donors (Lipinski definition) is 3. The average Bonchev–Trinajstić information content (AvgIpc) is 3.18. The first-order chi connectivity index (χ1) is 12.2. The molecule has 5 rings (SSSR count). The van der Waals surface area contributed by atoms with Gasteiger partial charge in [-0.3, -0.25) is 4.79 Å². The van der Waals surface area contributed by atoms with Crippen LogP contribution in [0.3, 0.4) is 0 Å². The summed E-state index contributed by atoms with van der Waals surface area (Å²) >= 11 is 0. The van der Waals surface area contributed by atoms with E-state index in [1.54, 1.807) is 0 Å². The van der Waals surface area contributed by atoms with Crippen molar-refractivity contribution in [2.75, 3.05) is 32.8 Å². The van der Waals surface area contributed by atoms with Gasteiger partial charge in [-0.2, -0.15) is 0 Å². The van der Waals surface area contributed by atoms with E-state index < -0.39 is 6.10 Å². The predicted octanol–water partition coefficient (Wildman–Crippen LogP) is 0.379. The van der Waals surface area contributed by atoms with E-state index >= 15 is 0 Å². The van der Waals surface area contributed by atoms with E-state index in [0.717, 1.165) is 61.3 Å². The molecule has 1 spiro atoms. The minimum atomic E-state index is -0.448. The summed E-state index contributed by atoms with van der Waals surface area (Å²) in [5, 5.41) is 17.3. The SMILES string of the molecule is O=C1c2ccc3c(c2CN1C1CCCNC1)OCC31CCNCC1O. The van der Waals surface area contributed by atoms with Crippen LogP contribution in [0, 0.1) is 0 Å². The second-order valence-corrected chi connectivity index (χ2v) is 7.82. The number of ether oxygens (including phenoxy) is 1. The van der Waals surface area contributed by atoms with Crippen LogP contribution in [0.15, 0.2) is 12.1 Å². The molecule has 3 atom stereocenters. The second kappa shape index (κ2) is 5.69. The third-order valence-electron chi connectivity index (χ3n) is 6.53. The zero-order chi connectivity index (χ0) is 17.0. The fraction of sp³-hybridized carbons (Fsp3) is 0.632. The summed E-state index contributed by atoms with van der Waals surface area (Å²) < 4.78 is 6.11. The van der Waals surface area contributed by atoms with Gasteiger partial charge in [0.05, 0.1) is 18.1 Å². The van der Waals surface area contributed by atoms with Crippen LogP contribution in [-0.2, 0) is 12.0 Å². The van der Waals surface area contributed by atoms with Gasteiger partial charge in [-0.25, -0.2) is 0 Å². The zero-order valence-electron chi connectivity index (χ0n) is 14.4. The van der Waals surface area contributed by atoms with Gasteiger partial charge in [-0.05, 0) is 38.4 Å². The van der Waals surface area contributed by atoms with Gasteiger partial charge >= 0.3 is 0 Å². The Labute approximate surface area is 147 Å². The fourth-order valence-electron chi connectivity index (χ4n) is 5.01. The molecule has 0 bridgehead atoms. The van der Waals surface area contributed by atoms with Crippen molar-refractivity contribution in [3.8, 4) is 5.75 Å². The van der Waals surface area contributed by atoms with E-state index in [-0.39, 0.29) is 17.4 Å². The van der Waals surface area contributed by atoms with E-state index in [1.165, 1.54) is 0 Å².